The summed E-state index contributed by atoms with van der Waals surface area (Å²) in [6.07, 6.45) is 1.88. The summed E-state index contributed by atoms with van der Waals surface area (Å²) in [7, 11) is 0. The van der Waals surface area contributed by atoms with Gasteiger partial charge in [-0.25, -0.2) is 4.79 Å². The number of oxime groups is 1. The van der Waals surface area contributed by atoms with Crippen LogP contribution in [-0.2, 0) is 19.9 Å². The minimum Gasteiger partial charge on any atom is -0.461 e. The van der Waals surface area contributed by atoms with Crippen LogP contribution in [0, 0.1) is 0 Å². The van der Waals surface area contributed by atoms with Gasteiger partial charge in [0.1, 0.15) is 11.6 Å². The number of aromatic nitrogens is 2. The van der Waals surface area contributed by atoms with Gasteiger partial charge in [0.25, 0.3) is 0 Å². The largest absolute Gasteiger partial charge is 0.461 e. The van der Waals surface area contributed by atoms with E-state index in [1.54, 1.807) is 6.92 Å². The molecular weight excluding hydrogens is 472 g/mol. The van der Waals surface area contributed by atoms with Crippen molar-refractivity contribution in [2.45, 2.75) is 31.4 Å². The predicted molar refractivity (Wildman–Crippen MR) is 140 cm³/mol. The summed E-state index contributed by atoms with van der Waals surface area (Å²) in [4.78, 5) is 22.7. The van der Waals surface area contributed by atoms with Gasteiger partial charge < -0.3 is 14.9 Å². The number of ether oxygens (including phenoxy) is 1. The molecule has 1 saturated carbocycles. The zero-order valence-corrected chi connectivity index (χ0v) is 20.7. The predicted octanol–water partition coefficient (Wildman–Crippen LogP) is 5.39. The van der Waals surface area contributed by atoms with Crippen LogP contribution in [0.4, 0.5) is 5.13 Å². The standard InChI is InChI=1S/C28H26N4O3S/c1-2-34-26(33)24(31-35-23-18-19-23)25-29-27(36-32-25)30-28(20-12-6-3-7-13-20,21-14-8-4-9-15-21)22-16-10-5-11-17-22/h3-17,23H,2,18-19H2,1H3,(H,29,30,32). The van der Waals surface area contributed by atoms with Crippen molar-refractivity contribution in [1.82, 2.24) is 9.36 Å². The fourth-order valence-electron chi connectivity index (χ4n) is 3.98. The number of esters is 1. The Morgan fingerprint density at radius 3 is 1.94 bits per heavy atom. The number of benzene rings is 3. The zero-order valence-electron chi connectivity index (χ0n) is 19.8. The summed E-state index contributed by atoms with van der Waals surface area (Å²) < 4.78 is 9.62. The Hall–Kier alpha value is -4.04. The fraction of sp³-hybridized carbons (Fsp3) is 0.214. The van der Waals surface area contributed by atoms with Gasteiger partial charge in [-0.05, 0) is 36.5 Å². The zero-order chi connectivity index (χ0) is 24.8. The number of anilines is 1. The van der Waals surface area contributed by atoms with Crippen molar-refractivity contribution < 1.29 is 14.4 Å². The van der Waals surface area contributed by atoms with Crippen LogP contribution >= 0.6 is 11.5 Å². The molecule has 0 saturated heterocycles. The molecule has 0 amide bonds. The van der Waals surface area contributed by atoms with Gasteiger partial charge in [-0.15, -0.1) is 0 Å². The molecule has 8 heteroatoms. The number of nitrogens with zero attached hydrogens (tertiary/aromatic N) is 3. The summed E-state index contributed by atoms with van der Waals surface area (Å²) in [6, 6.07) is 30.6. The number of carbonyl (C=O) groups excluding carboxylic acids is 1. The van der Waals surface area contributed by atoms with E-state index < -0.39 is 11.5 Å². The third-order valence-corrected chi connectivity index (χ3v) is 6.47. The van der Waals surface area contributed by atoms with E-state index in [0.717, 1.165) is 41.1 Å². The highest BCUT2D eigenvalue weighted by atomic mass is 32.1. The van der Waals surface area contributed by atoms with Crippen molar-refractivity contribution in [2.24, 2.45) is 5.16 Å². The monoisotopic (exact) mass is 498 g/mol. The molecule has 36 heavy (non-hydrogen) atoms. The van der Waals surface area contributed by atoms with E-state index in [9.17, 15) is 4.79 Å². The summed E-state index contributed by atoms with van der Waals surface area (Å²) in [5, 5.41) is 8.25. The van der Waals surface area contributed by atoms with Gasteiger partial charge in [0.2, 0.25) is 16.7 Å². The summed E-state index contributed by atoms with van der Waals surface area (Å²) in [5.74, 6) is -0.437. The lowest BCUT2D eigenvalue weighted by Crippen LogP contribution is -2.38. The van der Waals surface area contributed by atoms with E-state index in [4.69, 9.17) is 9.57 Å². The van der Waals surface area contributed by atoms with E-state index in [2.05, 4.69) is 56.2 Å². The Morgan fingerprint density at radius 1 is 0.944 bits per heavy atom. The number of nitrogens with one attached hydrogen (secondary N) is 1. The maximum atomic E-state index is 12.6. The van der Waals surface area contributed by atoms with Crippen molar-refractivity contribution in [1.29, 1.82) is 0 Å². The molecule has 0 spiro atoms. The van der Waals surface area contributed by atoms with Gasteiger partial charge in [-0.3, -0.25) is 0 Å². The molecule has 182 valence electrons. The molecule has 0 aliphatic heterocycles. The maximum Gasteiger partial charge on any atom is 0.364 e. The maximum absolute atomic E-state index is 12.6. The van der Waals surface area contributed by atoms with Crippen molar-refractivity contribution in [3.63, 3.8) is 0 Å². The van der Waals surface area contributed by atoms with Crippen molar-refractivity contribution in [2.75, 3.05) is 11.9 Å². The van der Waals surface area contributed by atoms with Gasteiger partial charge in [0.05, 0.1) is 6.61 Å². The number of hydrogen-bond acceptors (Lipinski definition) is 8. The van der Waals surface area contributed by atoms with E-state index in [1.165, 1.54) is 0 Å². The Balaban J connectivity index is 1.59. The topological polar surface area (TPSA) is 85.7 Å². The van der Waals surface area contributed by atoms with Crippen LogP contribution in [0.15, 0.2) is 96.2 Å². The van der Waals surface area contributed by atoms with Crippen LogP contribution in [0.1, 0.15) is 42.3 Å². The second kappa shape index (κ2) is 10.7. The van der Waals surface area contributed by atoms with E-state index in [1.807, 2.05) is 54.6 Å². The fourth-order valence-corrected chi connectivity index (χ4v) is 4.61. The van der Waals surface area contributed by atoms with Crippen LogP contribution in [0.5, 0.6) is 0 Å². The first-order valence-corrected chi connectivity index (χ1v) is 12.7. The molecule has 4 aromatic rings. The van der Waals surface area contributed by atoms with Crippen LogP contribution in [-0.4, -0.2) is 33.7 Å². The van der Waals surface area contributed by atoms with Gasteiger partial charge in [0, 0.05) is 11.5 Å². The first-order valence-electron chi connectivity index (χ1n) is 11.9. The molecule has 1 aliphatic rings. The van der Waals surface area contributed by atoms with Crippen molar-refractivity contribution >= 4 is 28.3 Å². The molecule has 0 unspecified atom stereocenters. The second-order valence-corrected chi connectivity index (χ2v) is 9.11. The molecule has 1 fully saturated rings. The molecule has 0 atom stereocenters. The molecule has 3 aromatic carbocycles. The second-order valence-electron chi connectivity index (χ2n) is 8.36. The van der Waals surface area contributed by atoms with Gasteiger partial charge in [0.15, 0.2) is 0 Å². The van der Waals surface area contributed by atoms with Crippen LogP contribution in [0.2, 0.25) is 0 Å². The average Bonchev–Trinajstić information content (AvgIpc) is 3.65. The quantitative estimate of drug-likeness (QED) is 0.137. The molecular formula is C28H26N4O3S. The normalized spacial score (nSPS) is 13.8. The first kappa shape index (κ1) is 23.7. The lowest BCUT2D eigenvalue weighted by atomic mass is 9.77. The van der Waals surface area contributed by atoms with Crippen LogP contribution in [0.25, 0.3) is 0 Å². The average molecular weight is 499 g/mol. The van der Waals surface area contributed by atoms with Crippen molar-refractivity contribution in [3.8, 4) is 0 Å². The molecule has 7 nitrogen and oxygen atoms in total. The number of hydrogen-bond donors (Lipinski definition) is 1. The lowest BCUT2D eigenvalue weighted by molar-refractivity contribution is -0.135. The molecule has 5 rings (SSSR count). The third-order valence-electron chi connectivity index (χ3n) is 5.84. The Bertz CT molecular complexity index is 1230. The molecule has 0 radical (unpaired) electrons. The summed E-state index contributed by atoms with van der Waals surface area (Å²) in [5.41, 5.74) is 2.33. The third kappa shape index (κ3) is 4.99. The molecule has 0 bridgehead atoms. The van der Waals surface area contributed by atoms with Gasteiger partial charge in [-0.2, -0.15) is 9.36 Å². The first-order chi connectivity index (χ1) is 17.7. The smallest absolute Gasteiger partial charge is 0.364 e. The van der Waals surface area contributed by atoms with Gasteiger partial charge >= 0.3 is 5.97 Å². The van der Waals surface area contributed by atoms with E-state index in [-0.39, 0.29) is 24.2 Å². The van der Waals surface area contributed by atoms with E-state index in [0.29, 0.717) is 5.13 Å². The summed E-state index contributed by atoms with van der Waals surface area (Å²) in [6.45, 7) is 1.96. The summed E-state index contributed by atoms with van der Waals surface area (Å²) >= 11 is 1.16. The molecule has 1 heterocycles. The molecule has 1 N–H and O–H groups in total. The number of carbonyl (C=O) groups is 1. The van der Waals surface area contributed by atoms with E-state index >= 15 is 0 Å². The minimum atomic E-state index is -0.758. The minimum absolute atomic E-state index is 0.0298. The highest BCUT2D eigenvalue weighted by Gasteiger charge is 2.37. The van der Waals surface area contributed by atoms with Crippen molar-refractivity contribution in [3.05, 3.63) is 114 Å². The number of rotatable bonds is 10. The highest BCUT2D eigenvalue weighted by Crippen LogP contribution is 2.40. The highest BCUT2D eigenvalue weighted by molar-refractivity contribution is 7.09. The Kier molecular flexibility index (Phi) is 7.04. The molecule has 1 aromatic heterocycles. The van der Waals surface area contributed by atoms with Crippen LogP contribution < -0.4 is 5.32 Å². The van der Waals surface area contributed by atoms with Gasteiger partial charge in [-0.1, -0.05) is 96.2 Å². The Morgan fingerprint density at radius 2 is 1.47 bits per heavy atom. The SMILES string of the molecule is CCOC(=O)C(=NOC1CC1)c1nsc(NC(c2ccccc2)(c2ccccc2)c2ccccc2)n1. The van der Waals surface area contributed by atoms with Crippen LogP contribution in [0.3, 0.4) is 0 Å². The molecule has 1 aliphatic carbocycles. The lowest BCUT2D eigenvalue weighted by Gasteiger charge is -2.36. The Labute approximate surface area is 214 Å².